The Labute approximate surface area is 301 Å². The summed E-state index contributed by atoms with van der Waals surface area (Å²) in [6.07, 6.45) is 9.48. The van der Waals surface area contributed by atoms with Crippen LogP contribution in [-0.4, -0.2) is 73.4 Å². The molecular weight excluding hydrogens is 605 g/mol. The normalized spacial score (nSPS) is 32.3. The van der Waals surface area contributed by atoms with Crippen LogP contribution in [0, 0.1) is 11.3 Å². The minimum absolute atomic E-state index is 0.000843. The zero-order valence-corrected chi connectivity index (χ0v) is 34.7. The number of hydrogen-bond donors (Lipinski definition) is 2. The van der Waals surface area contributed by atoms with Gasteiger partial charge in [-0.3, -0.25) is 15.1 Å². The summed E-state index contributed by atoms with van der Waals surface area (Å²) in [5, 5.41) is 8.16. The number of anilines is 2. The first-order valence-electron chi connectivity index (χ1n) is 19.9. The second-order valence-electron chi connectivity index (χ2n) is 22.3. The number of hydrogen-bond acceptors (Lipinski definition) is 7. The minimum atomic E-state index is -0.231. The molecule has 0 aliphatic carbocycles. The molecule has 0 radical (unpaired) electrons. The average Bonchev–Trinajstić information content (AvgIpc) is 2.85. The maximum Gasteiger partial charge on any atom is 0.356 e. The Hall–Kier alpha value is -1.51. The summed E-state index contributed by atoms with van der Waals surface area (Å²) in [4.78, 5) is 19.1. The standard InChI is InChI=1S/C41H75N8/c1-34(2,3)26-38(10,11)49-33-43-32(42-31-35(4,5)27-47(31)33)46(28-23-36(6,7)45-41(49,16)24-28)21-19-17-18-20-22-48-29-25-37(8,9)44-39(12,13)30(29)40(48,14)15/h28-30,44-45H,17-27H2,1-16H3/q+1. The van der Waals surface area contributed by atoms with Crippen molar-refractivity contribution in [3.8, 4) is 0 Å². The molecule has 0 spiro atoms. The molecule has 278 valence electrons. The number of piperidine rings is 2. The van der Waals surface area contributed by atoms with E-state index in [0.717, 1.165) is 44.2 Å². The highest BCUT2D eigenvalue weighted by Crippen LogP contribution is 2.53. The molecule has 6 rings (SSSR count). The van der Waals surface area contributed by atoms with E-state index in [1.54, 1.807) is 0 Å². The average molecular weight is 680 g/mol. The van der Waals surface area contributed by atoms with Crippen LogP contribution in [-0.2, 0) is 12.0 Å². The fraction of sp³-hybridized carbons (Fsp3) is 0.927. The summed E-state index contributed by atoms with van der Waals surface area (Å²) < 4.78 is 2.42. The molecule has 5 aliphatic rings. The third-order valence-corrected chi connectivity index (χ3v) is 13.0. The molecule has 0 saturated carbocycles. The van der Waals surface area contributed by atoms with Gasteiger partial charge in [0.1, 0.15) is 5.66 Å². The molecule has 2 N–H and O–H groups in total. The van der Waals surface area contributed by atoms with Gasteiger partial charge in [0.2, 0.25) is 5.82 Å². The van der Waals surface area contributed by atoms with Gasteiger partial charge in [0.05, 0.1) is 17.5 Å². The fourth-order valence-corrected chi connectivity index (χ4v) is 12.7. The van der Waals surface area contributed by atoms with Crippen molar-refractivity contribution >= 4 is 11.9 Å². The number of nitrogens with zero attached hydrogens (tertiary/aromatic N) is 6. The first kappa shape index (κ1) is 37.3. The molecule has 49 heavy (non-hydrogen) atoms. The predicted octanol–water partition coefficient (Wildman–Crippen LogP) is 7.33. The van der Waals surface area contributed by atoms with Gasteiger partial charge in [-0.15, -0.1) is 0 Å². The second kappa shape index (κ2) is 11.5. The Bertz CT molecular complexity index is 1420. The van der Waals surface area contributed by atoms with Crippen LogP contribution in [0.3, 0.4) is 0 Å². The van der Waals surface area contributed by atoms with Crippen molar-refractivity contribution in [3.63, 3.8) is 0 Å². The highest BCUT2D eigenvalue weighted by atomic mass is 15.5. The van der Waals surface area contributed by atoms with E-state index in [-0.39, 0.29) is 44.2 Å². The van der Waals surface area contributed by atoms with E-state index in [0.29, 0.717) is 18.0 Å². The number of likely N-dealkylation sites (tertiary alicyclic amines) is 1. The van der Waals surface area contributed by atoms with Crippen molar-refractivity contribution in [1.29, 1.82) is 0 Å². The Morgan fingerprint density at radius 3 is 1.98 bits per heavy atom. The molecule has 0 aromatic carbocycles. The smallest absolute Gasteiger partial charge is 0.316 e. The summed E-state index contributed by atoms with van der Waals surface area (Å²) in [5.74, 6) is 3.95. The van der Waals surface area contributed by atoms with E-state index in [4.69, 9.17) is 9.97 Å². The lowest BCUT2D eigenvalue weighted by Crippen LogP contribution is -2.82. The van der Waals surface area contributed by atoms with E-state index in [1.165, 1.54) is 44.5 Å². The van der Waals surface area contributed by atoms with Crippen molar-refractivity contribution in [1.82, 2.24) is 25.5 Å². The van der Waals surface area contributed by atoms with Crippen LogP contribution in [0.25, 0.3) is 0 Å². The summed E-state index contributed by atoms with van der Waals surface area (Å²) >= 11 is 0. The lowest BCUT2D eigenvalue weighted by molar-refractivity contribution is -0.754. The summed E-state index contributed by atoms with van der Waals surface area (Å²) in [7, 11) is 0. The van der Waals surface area contributed by atoms with Crippen LogP contribution in [0.1, 0.15) is 168 Å². The summed E-state index contributed by atoms with van der Waals surface area (Å²) in [6, 6.07) is 1.08. The third-order valence-electron chi connectivity index (χ3n) is 13.0. The van der Waals surface area contributed by atoms with Gasteiger partial charge in [-0.2, -0.15) is 0 Å². The molecule has 4 atom stereocenters. The fourth-order valence-electron chi connectivity index (χ4n) is 12.7. The van der Waals surface area contributed by atoms with Gasteiger partial charge in [0.15, 0.2) is 0 Å². The first-order chi connectivity index (χ1) is 22.2. The van der Waals surface area contributed by atoms with Gasteiger partial charge in [-0.1, -0.05) is 43.6 Å². The van der Waals surface area contributed by atoms with Crippen molar-refractivity contribution in [2.45, 2.75) is 220 Å². The Kier molecular flexibility index (Phi) is 8.74. The quantitative estimate of drug-likeness (QED) is 0.209. The van der Waals surface area contributed by atoms with E-state index in [1.807, 2.05) is 0 Å². The molecule has 8 heteroatoms. The van der Waals surface area contributed by atoms with Crippen LogP contribution in [0.2, 0.25) is 0 Å². The van der Waals surface area contributed by atoms with Gasteiger partial charge in [-0.25, -0.2) is 4.57 Å². The molecule has 1 aromatic rings. The van der Waals surface area contributed by atoms with E-state index in [9.17, 15) is 0 Å². The van der Waals surface area contributed by atoms with E-state index >= 15 is 0 Å². The number of rotatable bonds is 9. The Balaban J connectivity index is 1.20. The number of aromatic nitrogens is 3. The molecule has 5 aliphatic heterocycles. The van der Waals surface area contributed by atoms with Crippen LogP contribution in [0.5, 0.6) is 0 Å². The molecule has 6 heterocycles. The summed E-state index contributed by atoms with van der Waals surface area (Å²) in [6.45, 7) is 41.8. The lowest BCUT2D eigenvalue weighted by Gasteiger charge is -2.71. The van der Waals surface area contributed by atoms with E-state index < -0.39 is 0 Å². The molecule has 3 saturated heterocycles. The van der Waals surface area contributed by atoms with Crippen molar-refractivity contribution < 1.29 is 4.57 Å². The van der Waals surface area contributed by atoms with Gasteiger partial charge < -0.3 is 10.2 Å². The van der Waals surface area contributed by atoms with Gasteiger partial charge >= 0.3 is 11.9 Å². The topological polar surface area (TPSA) is 63.4 Å². The molecule has 8 nitrogen and oxygen atoms in total. The van der Waals surface area contributed by atoms with Crippen LogP contribution in [0.15, 0.2) is 0 Å². The number of nitrogens with one attached hydrogen (secondary N) is 2. The minimum Gasteiger partial charge on any atom is -0.316 e. The zero-order chi connectivity index (χ0) is 36.4. The SMILES string of the molecule is CC(C)(C)CC(C)(C)N1c2nc(nc3[n+]2CC3(C)C)N(CCCCCCN2C3CC(C)(C)NC(C)(C)C3C2(C)C)C2CC(C)(C)NC1(C)C2. The Morgan fingerprint density at radius 1 is 0.755 bits per heavy atom. The molecule has 1 aromatic heterocycles. The number of fused-ring (bicyclic) bond motifs is 7. The maximum atomic E-state index is 5.53. The first-order valence-corrected chi connectivity index (χ1v) is 19.9. The highest BCUT2D eigenvalue weighted by Gasteiger charge is 2.63. The second-order valence-corrected chi connectivity index (χ2v) is 22.3. The highest BCUT2D eigenvalue weighted by molar-refractivity contribution is 5.46. The number of unbranched alkanes of at least 4 members (excludes halogenated alkanes) is 3. The molecule has 0 amide bonds. The van der Waals surface area contributed by atoms with Crippen molar-refractivity contribution in [2.24, 2.45) is 11.3 Å². The zero-order valence-electron chi connectivity index (χ0n) is 34.7. The lowest BCUT2D eigenvalue weighted by atomic mass is 9.56. The molecule has 4 unspecified atom stereocenters. The maximum absolute atomic E-state index is 5.53. The van der Waals surface area contributed by atoms with E-state index in [2.05, 4.69) is 141 Å². The molecule has 3 fully saturated rings. The molecule has 4 bridgehead atoms. The predicted molar refractivity (Wildman–Crippen MR) is 204 cm³/mol. The van der Waals surface area contributed by atoms with Gasteiger partial charge in [0.25, 0.3) is 0 Å². The Morgan fingerprint density at radius 2 is 1.37 bits per heavy atom. The van der Waals surface area contributed by atoms with Gasteiger partial charge in [0, 0.05) is 53.1 Å². The monoisotopic (exact) mass is 680 g/mol. The van der Waals surface area contributed by atoms with Gasteiger partial charge in [-0.05, 0) is 134 Å². The molecular formula is C41H75N8+. The van der Waals surface area contributed by atoms with Crippen molar-refractivity contribution in [3.05, 3.63) is 5.82 Å². The van der Waals surface area contributed by atoms with Crippen LogP contribution < -0.4 is 25.0 Å². The van der Waals surface area contributed by atoms with Crippen molar-refractivity contribution in [2.75, 3.05) is 22.9 Å². The van der Waals surface area contributed by atoms with Crippen LogP contribution in [0.4, 0.5) is 11.9 Å². The third kappa shape index (κ3) is 6.67. The summed E-state index contributed by atoms with van der Waals surface area (Å²) in [5.41, 5.74) is 0.536. The largest absolute Gasteiger partial charge is 0.356 e. The van der Waals surface area contributed by atoms with Crippen LogP contribution >= 0.6 is 0 Å².